The lowest BCUT2D eigenvalue weighted by Crippen LogP contribution is -1.82. The van der Waals surface area contributed by atoms with E-state index in [2.05, 4.69) is 37.5 Å². The number of aryl methyl sites for hydroxylation is 1. The molecule has 0 N–H and O–H groups in total. The van der Waals surface area contributed by atoms with E-state index in [9.17, 15) is 0 Å². The first-order valence-electron chi connectivity index (χ1n) is 5.84. The van der Waals surface area contributed by atoms with Gasteiger partial charge in [-0.1, -0.05) is 42.0 Å². The highest BCUT2D eigenvalue weighted by Crippen LogP contribution is 2.34. The van der Waals surface area contributed by atoms with Gasteiger partial charge in [0.1, 0.15) is 0 Å². The van der Waals surface area contributed by atoms with E-state index in [1.54, 1.807) is 7.11 Å². The Morgan fingerprint density at radius 1 is 1.06 bits per heavy atom. The molecule has 18 heavy (non-hydrogen) atoms. The van der Waals surface area contributed by atoms with Gasteiger partial charge < -0.3 is 9.15 Å². The van der Waals surface area contributed by atoms with Gasteiger partial charge in [0.05, 0.1) is 7.11 Å². The maximum Gasteiger partial charge on any atom is 0.179 e. The van der Waals surface area contributed by atoms with Gasteiger partial charge in [-0.15, -0.1) is 0 Å². The topological polar surface area (TPSA) is 22.4 Å². The normalized spacial score (nSPS) is 10.8. The van der Waals surface area contributed by atoms with Gasteiger partial charge in [-0.05, 0) is 18.6 Å². The average molecular weight is 237 g/mol. The van der Waals surface area contributed by atoms with Crippen LogP contribution in [-0.4, -0.2) is 7.11 Å². The molecule has 0 unspecified atom stereocenters. The van der Waals surface area contributed by atoms with E-state index in [0.29, 0.717) is 0 Å². The van der Waals surface area contributed by atoms with Crippen molar-refractivity contribution in [2.45, 2.75) is 6.92 Å². The average Bonchev–Trinajstić information content (AvgIpc) is 2.83. The van der Waals surface area contributed by atoms with Crippen molar-refractivity contribution in [2.75, 3.05) is 7.11 Å². The van der Waals surface area contributed by atoms with Crippen molar-refractivity contribution < 1.29 is 9.15 Å². The molecule has 2 aromatic carbocycles. The number of para-hydroxylation sites is 1. The Morgan fingerprint density at radius 3 is 2.56 bits per heavy atom. The van der Waals surface area contributed by atoms with Crippen molar-refractivity contribution in [3.05, 3.63) is 54.3 Å². The van der Waals surface area contributed by atoms with Crippen molar-refractivity contribution in [1.82, 2.24) is 0 Å². The Labute approximate surface area is 106 Å². The van der Waals surface area contributed by atoms with Gasteiger partial charge in [-0.2, -0.15) is 0 Å². The highest BCUT2D eigenvalue weighted by molar-refractivity contribution is 5.96. The predicted octanol–water partition coefficient (Wildman–Crippen LogP) is 4.22. The molecule has 0 bridgehead atoms. The largest absolute Gasteiger partial charge is 0.493 e. The predicted molar refractivity (Wildman–Crippen MR) is 71.8 cm³/mol. The molecule has 1 heterocycles. The quantitative estimate of drug-likeness (QED) is 0.666. The van der Waals surface area contributed by atoms with Crippen LogP contribution in [0.4, 0.5) is 0 Å². The highest BCUT2D eigenvalue weighted by atomic mass is 16.5. The molecule has 2 heteroatoms. The molecule has 0 fully saturated rings. The van der Waals surface area contributed by atoms with Crippen LogP contribution in [0.15, 0.2) is 46.9 Å². The molecule has 0 spiro atoms. The van der Waals surface area contributed by atoms with Crippen molar-refractivity contribution in [3.63, 3.8) is 0 Å². The van der Waals surface area contributed by atoms with Gasteiger partial charge in [0.2, 0.25) is 0 Å². The van der Waals surface area contributed by atoms with E-state index >= 15 is 0 Å². The molecule has 2 nitrogen and oxygen atoms in total. The van der Waals surface area contributed by atoms with E-state index < -0.39 is 0 Å². The number of hydrogen-bond acceptors (Lipinski definition) is 2. The number of fused-ring (bicyclic) bond motifs is 1. The van der Waals surface area contributed by atoms with Crippen LogP contribution in [0.1, 0.15) is 5.56 Å². The first kappa shape index (κ1) is 10.9. The summed E-state index contributed by atoms with van der Waals surface area (Å²) in [6.45, 7) is 2.07. The molecule has 0 saturated carbocycles. The van der Waals surface area contributed by atoms with E-state index in [0.717, 1.165) is 27.8 Å². The third kappa shape index (κ3) is 1.66. The Morgan fingerprint density at radius 2 is 1.83 bits per heavy atom. The SMILES string of the molecule is COc1cccc2c(-c3ccc(C)cc3)[c]oc12. The fraction of sp³-hybridized carbons (Fsp3) is 0.125. The van der Waals surface area contributed by atoms with Crippen molar-refractivity contribution in [3.8, 4) is 16.9 Å². The Kier molecular flexibility index (Phi) is 2.56. The molecular formula is C16H13O2. The zero-order valence-corrected chi connectivity index (χ0v) is 10.4. The lowest BCUT2D eigenvalue weighted by molar-refractivity contribution is 0.410. The molecule has 89 valence electrons. The van der Waals surface area contributed by atoms with Crippen LogP contribution in [0.25, 0.3) is 22.1 Å². The van der Waals surface area contributed by atoms with Gasteiger partial charge in [0.15, 0.2) is 17.6 Å². The molecule has 0 aliphatic heterocycles. The number of furan rings is 1. The molecule has 1 aromatic heterocycles. The maximum atomic E-state index is 5.51. The zero-order valence-electron chi connectivity index (χ0n) is 10.4. The summed E-state index contributed by atoms with van der Waals surface area (Å²) in [6.07, 6.45) is 2.97. The lowest BCUT2D eigenvalue weighted by atomic mass is 10.0. The summed E-state index contributed by atoms with van der Waals surface area (Å²) >= 11 is 0. The van der Waals surface area contributed by atoms with Crippen molar-refractivity contribution in [2.24, 2.45) is 0 Å². The van der Waals surface area contributed by atoms with E-state index in [4.69, 9.17) is 9.15 Å². The van der Waals surface area contributed by atoms with Gasteiger partial charge >= 0.3 is 0 Å². The second-order valence-corrected chi connectivity index (χ2v) is 4.28. The second-order valence-electron chi connectivity index (χ2n) is 4.28. The molecule has 0 aliphatic rings. The van der Waals surface area contributed by atoms with Crippen molar-refractivity contribution in [1.29, 1.82) is 0 Å². The summed E-state index contributed by atoms with van der Waals surface area (Å²) in [4.78, 5) is 0. The zero-order chi connectivity index (χ0) is 12.5. The summed E-state index contributed by atoms with van der Waals surface area (Å²) in [5.74, 6) is 0.738. The highest BCUT2D eigenvalue weighted by Gasteiger charge is 2.12. The van der Waals surface area contributed by atoms with Gasteiger partial charge in [0.25, 0.3) is 0 Å². The maximum absolute atomic E-state index is 5.51. The molecular weight excluding hydrogens is 224 g/mol. The first-order valence-corrected chi connectivity index (χ1v) is 5.84. The smallest absolute Gasteiger partial charge is 0.179 e. The fourth-order valence-corrected chi connectivity index (χ4v) is 2.07. The lowest BCUT2D eigenvalue weighted by Gasteiger charge is -2.01. The molecule has 3 rings (SSSR count). The van der Waals surface area contributed by atoms with Gasteiger partial charge in [0, 0.05) is 10.9 Å². The minimum Gasteiger partial charge on any atom is -0.493 e. The van der Waals surface area contributed by atoms with Crippen LogP contribution in [0.3, 0.4) is 0 Å². The molecule has 1 radical (unpaired) electrons. The number of ether oxygens (including phenoxy) is 1. The minimum absolute atomic E-state index is 0.738. The number of hydrogen-bond donors (Lipinski definition) is 0. The van der Waals surface area contributed by atoms with Crippen LogP contribution in [-0.2, 0) is 0 Å². The third-order valence-corrected chi connectivity index (χ3v) is 3.06. The molecule has 0 saturated heterocycles. The van der Waals surface area contributed by atoms with Crippen LogP contribution >= 0.6 is 0 Å². The standard InChI is InChI=1S/C16H13O2/c1-11-6-8-12(9-7-11)14-10-18-16-13(14)4-3-5-15(16)17-2/h3-9H,1-2H3. The molecule has 0 atom stereocenters. The Bertz CT molecular complexity index is 678. The van der Waals surface area contributed by atoms with Gasteiger partial charge in [-0.25, -0.2) is 0 Å². The molecule has 0 aliphatic carbocycles. The Balaban J connectivity index is 2.21. The summed E-state index contributed by atoms with van der Waals surface area (Å²) in [5, 5.41) is 1.03. The number of rotatable bonds is 2. The second kappa shape index (κ2) is 4.22. The van der Waals surface area contributed by atoms with Crippen LogP contribution in [0, 0.1) is 13.2 Å². The van der Waals surface area contributed by atoms with E-state index in [1.807, 2.05) is 18.2 Å². The van der Waals surface area contributed by atoms with Crippen LogP contribution in [0.5, 0.6) is 5.75 Å². The van der Waals surface area contributed by atoms with Crippen LogP contribution < -0.4 is 4.74 Å². The Hall–Kier alpha value is -2.22. The number of methoxy groups -OCH3 is 1. The fourth-order valence-electron chi connectivity index (χ4n) is 2.07. The van der Waals surface area contributed by atoms with E-state index in [1.165, 1.54) is 5.56 Å². The number of benzene rings is 2. The summed E-state index contributed by atoms with van der Waals surface area (Å²) < 4.78 is 10.8. The van der Waals surface area contributed by atoms with Gasteiger partial charge in [-0.3, -0.25) is 0 Å². The van der Waals surface area contributed by atoms with Crippen LogP contribution in [0.2, 0.25) is 0 Å². The van der Waals surface area contributed by atoms with Crippen molar-refractivity contribution >= 4 is 11.0 Å². The monoisotopic (exact) mass is 237 g/mol. The summed E-state index contributed by atoms with van der Waals surface area (Å²) in [7, 11) is 1.64. The molecule has 3 aromatic rings. The van der Waals surface area contributed by atoms with E-state index in [-0.39, 0.29) is 0 Å². The summed E-state index contributed by atoms with van der Waals surface area (Å²) in [6, 6.07) is 14.2. The third-order valence-electron chi connectivity index (χ3n) is 3.06. The summed E-state index contributed by atoms with van der Waals surface area (Å²) in [5.41, 5.74) is 4.07. The first-order chi connectivity index (χ1) is 8.79. The minimum atomic E-state index is 0.738. The molecule has 0 amide bonds.